The van der Waals surface area contributed by atoms with E-state index in [1.54, 1.807) is 6.20 Å². The summed E-state index contributed by atoms with van der Waals surface area (Å²) >= 11 is 0. The highest BCUT2D eigenvalue weighted by atomic mass is 15.4. The van der Waals surface area contributed by atoms with Crippen LogP contribution in [0.2, 0.25) is 0 Å². The maximum Gasteiger partial charge on any atom is 0.151 e. The molecule has 0 aliphatic carbocycles. The number of hydrogen-bond donors (Lipinski definition) is 1. The van der Waals surface area contributed by atoms with Crippen molar-refractivity contribution in [1.82, 2.24) is 30.3 Å². The Bertz CT molecular complexity index is 519. The second-order valence-electron chi connectivity index (χ2n) is 4.89. The molecule has 0 bridgehead atoms. The van der Waals surface area contributed by atoms with Gasteiger partial charge in [0.2, 0.25) is 0 Å². The van der Waals surface area contributed by atoms with Gasteiger partial charge in [-0.2, -0.15) is 0 Å². The molecule has 0 saturated carbocycles. The minimum Gasteiger partial charge on any atom is -0.302 e. The quantitative estimate of drug-likeness (QED) is 0.835. The van der Waals surface area contributed by atoms with Gasteiger partial charge in [-0.25, -0.2) is 14.6 Å². The van der Waals surface area contributed by atoms with Gasteiger partial charge < -0.3 is 5.32 Å². The maximum absolute atomic E-state index is 4.45. The molecule has 0 amide bonds. The largest absolute Gasteiger partial charge is 0.302 e. The number of hydrogen-bond acceptors (Lipinski definition) is 5. The molecule has 1 N–H and O–H groups in total. The zero-order valence-electron chi connectivity index (χ0n) is 12.4. The van der Waals surface area contributed by atoms with Crippen LogP contribution in [0.1, 0.15) is 49.8 Å². The van der Waals surface area contributed by atoms with Gasteiger partial charge in [0.15, 0.2) is 5.82 Å². The molecule has 0 aliphatic rings. The average molecular weight is 274 g/mol. The Hall–Kier alpha value is -1.82. The molecule has 1 atom stereocenters. The highest BCUT2D eigenvalue weighted by Crippen LogP contribution is 2.18. The average Bonchev–Trinajstić information content (AvgIpc) is 2.90. The summed E-state index contributed by atoms with van der Waals surface area (Å²) in [5, 5.41) is 11.7. The normalized spacial score (nSPS) is 12.6. The Morgan fingerprint density at radius 2 is 1.90 bits per heavy atom. The van der Waals surface area contributed by atoms with Gasteiger partial charge in [0.25, 0.3) is 0 Å². The van der Waals surface area contributed by atoms with Crippen LogP contribution in [-0.2, 0) is 6.54 Å². The zero-order chi connectivity index (χ0) is 14.4. The lowest BCUT2D eigenvalue weighted by atomic mass is 10.2. The van der Waals surface area contributed by atoms with Crippen LogP contribution in [0, 0.1) is 6.92 Å². The molecule has 0 spiro atoms. The first-order valence-electron chi connectivity index (χ1n) is 7.16. The minimum absolute atomic E-state index is 0.0582. The predicted octanol–water partition coefficient (Wildman–Crippen LogP) is 1.88. The van der Waals surface area contributed by atoms with Gasteiger partial charge in [-0.1, -0.05) is 19.1 Å². The topological polar surface area (TPSA) is 68.5 Å². The number of rotatable bonds is 7. The Labute approximate surface area is 119 Å². The third kappa shape index (κ3) is 3.39. The van der Waals surface area contributed by atoms with Gasteiger partial charge in [0, 0.05) is 18.9 Å². The Kier molecular flexibility index (Phi) is 5.17. The van der Waals surface area contributed by atoms with Crippen LogP contribution in [0.5, 0.6) is 0 Å². The van der Waals surface area contributed by atoms with Crippen LogP contribution in [0.4, 0.5) is 0 Å². The summed E-state index contributed by atoms with van der Waals surface area (Å²) in [6, 6.07) is -0.0582. The first-order valence-corrected chi connectivity index (χ1v) is 7.16. The van der Waals surface area contributed by atoms with E-state index < -0.39 is 0 Å². The van der Waals surface area contributed by atoms with E-state index in [-0.39, 0.29) is 6.04 Å². The molecule has 108 valence electrons. The molecule has 2 aromatic rings. The second-order valence-corrected chi connectivity index (χ2v) is 4.89. The highest BCUT2D eigenvalue weighted by molar-refractivity contribution is 5.15. The second kappa shape index (κ2) is 7.09. The number of aryl methyl sites for hydroxylation is 2. The Morgan fingerprint density at radius 3 is 2.55 bits per heavy atom. The first kappa shape index (κ1) is 14.6. The molecule has 0 fully saturated rings. The first-order chi connectivity index (χ1) is 9.76. The number of aromatic nitrogens is 5. The molecule has 20 heavy (non-hydrogen) atoms. The van der Waals surface area contributed by atoms with E-state index in [1.165, 1.54) is 0 Å². The molecule has 0 aromatic carbocycles. The lowest BCUT2D eigenvalue weighted by Gasteiger charge is -2.17. The minimum atomic E-state index is -0.0582. The molecular formula is C14H22N6. The van der Waals surface area contributed by atoms with Gasteiger partial charge in [-0.3, -0.25) is 0 Å². The lowest BCUT2D eigenvalue weighted by Crippen LogP contribution is -2.27. The molecule has 6 heteroatoms. The third-order valence-electron chi connectivity index (χ3n) is 3.04. The van der Waals surface area contributed by atoms with Crippen molar-refractivity contribution in [3.63, 3.8) is 0 Å². The van der Waals surface area contributed by atoms with Crippen LogP contribution in [0.25, 0.3) is 0 Å². The van der Waals surface area contributed by atoms with E-state index in [2.05, 4.69) is 39.4 Å². The monoisotopic (exact) mass is 274 g/mol. The summed E-state index contributed by atoms with van der Waals surface area (Å²) in [7, 11) is 0. The lowest BCUT2D eigenvalue weighted by molar-refractivity contribution is 0.492. The standard InChI is InChI=1S/C14H22N6/c1-4-6-15-13(14-16-8-11(3)9-17-14)12-10-18-19-20(12)7-5-2/h8-10,13,15H,4-7H2,1-3H3. The van der Waals surface area contributed by atoms with Crippen molar-refractivity contribution in [2.24, 2.45) is 0 Å². The van der Waals surface area contributed by atoms with Gasteiger partial charge in [0.05, 0.1) is 11.9 Å². The van der Waals surface area contributed by atoms with Gasteiger partial charge in [0.1, 0.15) is 6.04 Å². The highest BCUT2D eigenvalue weighted by Gasteiger charge is 2.20. The maximum atomic E-state index is 4.45. The molecule has 1 unspecified atom stereocenters. The van der Waals surface area contributed by atoms with Crippen molar-refractivity contribution in [2.75, 3.05) is 6.54 Å². The Balaban J connectivity index is 2.31. The SMILES string of the molecule is CCCNC(c1ncc(C)cn1)c1cnnn1CCC. The Morgan fingerprint density at radius 1 is 1.15 bits per heavy atom. The van der Waals surface area contributed by atoms with E-state index in [9.17, 15) is 0 Å². The van der Waals surface area contributed by atoms with Crippen LogP contribution in [0.15, 0.2) is 18.6 Å². The van der Waals surface area contributed by atoms with Crippen LogP contribution in [-0.4, -0.2) is 31.5 Å². The summed E-state index contributed by atoms with van der Waals surface area (Å²) in [4.78, 5) is 8.89. The van der Waals surface area contributed by atoms with Crippen molar-refractivity contribution in [3.05, 3.63) is 35.7 Å². The fourth-order valence-corrected chi connectivity index (χ4v) is 2.04. The molecular weight excluding hydrogens is 252 g/mol. The van der Waals surface area contributed by atoms with Crippen molar-refractivity contribution >= 4 is 0 Å². The van der Waals surface area contributed by atoms with Crippen LogP contribution in [0.3, 0.4) is 0 Å². The molecule has 0 aliphatic heterocycles. The van der Waals surface area contributed by atoms with Crippen molar-refractivity contribution in [3.8, 4) is 0 Å². The van der Waals surface area contributed by atoms with Crippen molar-refractivity contribution < 1.29 is 0 Å². The zero-order valence-corrected chi connectivity index (χ0v) is 12.4. The molecule has 0 saturated heterocycles. The van der Waals surface area contributed by atoms with Crippen molar-refractivity contribution in [2.45, 2.75) is 46.2 Å². The smallest absolute Gasteiger partial charge is 0.151 e. The van der Waals surface area contributed by atoms with Gasteiger partial charge >= 0.3 is 0 Å². The molecule has 2 heterocycles. The molecule has 6 nitrogen and oxygen atoms in total. The fraction of sp³-hybridized carbons (Fsp3) is 0.571. The predicted molar refractivity (Wildman–Crippen MR) is 77.2 cm³/mol. The number of nitrogens with one attached hydrogen (secondary N) is 1. The molecule has 2 rings (SSSR count). The van der Waals surface area contributed by atoms with Gasteiger partial charge in [-0.15, -0.1) is 5.10 Å². The van der Waals surface area contributed by atoms with E-state index in [4.69, 9.17) is 0 Å². The van der Waals surface area contributed by atoms with E-state index in [0.717, 1.165) is 43.0 Å². The van der Waals surface area contributed by atoms with E-state index in [0.29, 0.717) is 0 Å². The molecule has 2 aromatic heterocycles. The van der Waals surface area contributed by atoms with E-state index >= 15 is 0 Å². The summed E-state index contributed by atoms with van der Waals surface area (Å²) in [6.07, 6.45) is 7.56. The summed E-state index contributed by atoms with van der Waals surface area (Å²) in [6.45, 7) is 8.01. The van der Waals surface area contributed by atoms with E-state index in [1.807, 2.05) is 24.0 Å². The fourth-order valence-electron chi connectivity index (χ4n) is 2.04. The van der Waals surface area contributed by atoms with Crippen LogP contribution >= 0.6 is 0 Å². The summed E-state index contributed by atoms with van der Waals surface area (Å²) in [5.74, 6) is 0.767. The van der Waals surface area contributed by atoms with Gasteiger partial charge in [-0.05, 0) is 31.9 Å². The molecule has 0 radical (unpaired) electrons. The number of nitrogens with zero attached hydrogens (tertiary/aromatic N) is 5. The summed E-state index contributed by atoms with van der Waals surface area (Å²) in [5.41, 5.74) is 2.08. The summed E-state index contributed by atoms with van der Waals surface area (Å²) < 4.78 is 1.93. The van der Waals surface area contributed by atoms with Crippen molar-refractivity contribution in [1.29, 1.82) is 0 Å². The third-order valence-corrected chi connectivity index (χ3v) is 3.04. The van der Waals surface area contributed by atoms with Crippen LogP contribution < -0.4 is 5.32 Å².